The minimum absolute atomic E-state index is 0.0930. The summed E-state index contributed by atoms with van der Waals surface area (Å²) in [4.78, 5) is 22.0. The van der Waals surface area contributed by atoms with Crippen molar-refractivity contribution in [3.8, 4) is 0 Å². The number of benzene rings is 1. The molecule has 1 amide bonds. The molecule has 0 atom stereocenters. The van der Waals surface area contributed by atoms with E-state index >= 15 is 0 Å². The maximum absolute atomic E-state index is 14.0. The van der Waals surface area contributed by atoms with Gasteiger partial charge in [-0.3, -0.25) is 9.69 Å². The van der Waals surface area contributed by atoms with Crippen molar-refractivity contribution in [2.45, 2.75) is 20.3 Å². The van der Waals surface area contributed by atoms with Gasteiger partial charge in [0.05, 0.1) is 11.1 Å². The number of aromatic nitrogens is 1. The Bertz CT molecular complexity index is 907. The van der Waals surface area contributed by atoms with Gasteiger partial charge in [0, 0.05) is 24.0 Å². The van der Waals surface area contributed by atoms with Gasteiger partial charge in [-0.15, -0.1) is 11.3 Å². The van der Waals surface area contributed by atoms with Gasteiger partial charge < -0.3 is 4.90 Å². The summed E-state index contributed by atoms with van der Waals surface area (Å²) < 4.78 is 28.0. The molecule has 0 radical (unpaired) electrons. The first-order valence-corrected chi connectivity index (χ1v) is 10.5. The van der Waals surface area contributed by atoms with E-state index in [9.17, 15) is 13.6 Å². The molecule has 0 N–H and O–H groups in total. The molecule has 2 heterocycles. The minimum Gasteiger partial charge on any atom is -0.302 e. The van der Waals surface area contributed by atoms with Crippen LogP contribution in [0.25, 0.3) is 10.2 Å². The molecule has 144 valence electrons. The highest BCUT2D eigenvalue weighted by Crippen LogP contribution is 2.31. The first-order valence-electron chi connectivity index (χ1n) is 8.82. The van der Waals surface area contributed by atoms with Crippen molar-refractivity contribution in [2.24, 2.45) is 0 Å². The third kappa shape index (κ3) is 4.69. The van der Waals surface area contributed by atoms with E-state index in [1.165, 1.54) is 17.4 Å². The maximum atomic E-state index is 14.0. The summed E-state index contributed by atoms with van der Waals surface area (Å²) in [6, 6.07) is 5.90. The molecule has 8 heteroatoms. The van der Waals surface area contributed by atoms with Crippen molar-refractivity contribution >= 4 is 43.9 Å². The number of anilines is 1. The summed E-state index contributed by atoms with van der Waals surface area (Å²) in [5, 5.41) is 2.34. The Morgan fingerprint density at radius 3 is 2.63 bits per heavy atom. The molecular weight excluding hydrogens is 388 g/mol. The number of hydrogen-bond donors (Lipinski definition) is 0. The van der Waals surface area contributed by atoms with Crippen LogP contribution < -0.4 is 4.90 Å². The van der Waals surface area contributed by atoms with Crippen LogP contribution in [0.1, 0.15) is 18.7 Å². The Kier molecular flexibility index (Phi) is 6.51. The van der Waals surface area contributed by atoms with Gasteiger partial charge in [0.1, 0.15) is 11.3 Å². The average Bonchev–Trinajstić information content (AvgIpc) is 3.28. The van der Waals surface area contributed by atoms with Crippen molar-refractivity contribution in [2.75, 3.05) is 31.1 Å². The molecule has 0 fully saturated rings. The number of amides is 1. The molecule has 2 aromatic heterocycles. The highest BCUT2D eigenvalue weighted by Gasteiger charge is 2.22. The zero-order valence-corrected chi connectivity index (χ0v) is 16.9. The predicted octanol–water partition coefficient (Wildman–Crippen LogP) is 4.55. The number of likely N-dealkylation sites (N-methyl/N-ethyl adjacent to an activating group) is 1. The zero-order chi connectivity index (χ0) is 19.4. The quantitative estimate of drug-likeness (QED) is 0.548. The van der Waals surface area contributed by atoms with Crippen LogP contribution in [0.5, 0.6) is 0 Å². The summed E-state index contributed by atoms with van der Waals surface area (Å²) in [5.74, 6) is -1.44. The molecule has 0 aliphatic heterocycles. The highest BCUT2D eigenvalue weighted by atomic mass is 32.1. The van der Waals surface area contributed by atoms with Gasteiger partial charge >= 0.3 is 0 Å². The van der Waals surface area contributed by atoms with Crippen molar-refractivity contribution in [1.29, 1.82) is 0 Å². The van der Waals surface area contributed by atoms with Gasteiger partial charge in [0.15, 0.2) is 10.9 Å². The van der Waals surface area contributed by atoms with E-state index in [1.807, 2.05) is 17.5 Å². The maximum Gasteiger partial charge on any atom is 0.234 e. The standard InChI is InChI=1S/C19H21F2N3OS2/c1-3-23(4-2)7-8-24(17(25)12-14-6-5-9-26-14)19-22-18-15(21)10-13(20)11-16(18)27-19/h5-6,9-11H,3-4,7-8,12H2,1-2H3. The van der Waals surface area contributed by atoms with E-state index in [1.54, 1.807) is 4.90 Å². The van der Waals surface area contributed by atoms with Crippen LogP contribution >= 0.6 is 22.7 Å². The van der Waals surface area contributed by atoms with Crippen LogP contribution in [-0.2, 0) is 11.2 Å². The fraction of sp³-hybridized carbons (Fsp3) is 0.368. The van der Waals surface area contributed by atoms with Gasteiger partial charge in [-0.25, -0.2) is 13.8 Å². The molecule has 0 bridgehead atoms. The molecule has 0 saturated carbocycles. The van der Waals surface area contributed by atoms with Crippen molar-refractivity contribution in [1.82, 2.24) is 9.88 Å². The SMILES string of the molecule is CCN(CC)CCN(C(=O)Cc1cccs1)c1nc2c(F)cc(F)cc2s1. The molecule has 0 aliphatic rings. The van der Waals surface area contributed by atoms with Crippen LogP contribution in [0.3, 0.4) is 0 Å². The molecule has 0 unspecified atom stereocenters. The van der Waals surface area contributed by atoms with Crippen LogP contribution in [0, 0.1) is 11.6 Å². The minimum atomic E-state index is -0.707. The molecular formula is C19H21F2N3OS2. The molecule has 3 aromatic rings. The largest absolute Gasteiger partial charge is 0.302 e. The third-order valence-electron chi connectivity index (χ3n) is 4.37. The topological polar surface area (TPSA) is 36.4 Å². The van der Waals surface area contributed by atoms with E-state index in [0.29, 0.717) is 22.9 Å². The first-order chi connectivity index (χ1) is 13.0. The van der Waals surface area contributed by atoms with Crippen molar-refractivity contribution in [3.05, 3.63) is 46.2 Å². The average molecular weight is 410 g/mol. The number of carbonyl (C=O) groups excluding carboxylic acids is 1. The number of hydrogen-bond acceptors (Lipinski definition) is 5. The van der Waals surface area contributed by atoms with Gasteiger partial charge in [-0.1, -0.05) is 31.3 Å². The van der Waals surface area contributed by atoms with Crippen LogP contribution in [0.4, 0.5) is 13.9 Å². The van der Waals surface area contributed by atoms with Crippen LogP contribution in [0.2, 0.25) is 0 Å². The van der Waals surface area contributed by atoms with E-state index in [-0.39, 0.29) is 17.8 Å². The molecule has 0 spiro atoms. The lowest BCUT2D eigenvalue weighted by Gasteiger charge is -2.24. The second-order valence-electron chi connectivity index (χ2n) is 6.06. The highest BCUT2D eigenvalue weighted by molar-refractivity contribution is 7.22. The fourth-order valence-corrected chi connectivity index (χ4v) is 4.57. The summed E-state index contributed by atoms with van der Waals surface area (Å²) in [7, 11) is 0. The Labute approximate surface area is 165 Å². The predicted molar refractivity (Wildman–Crippen MR) is 108 cm³/mol. The Hall–Kier alpha value is -1.90. The van der Waals surface area contributed by atoms with Crippen molar-refractivity contribution < 1.29 is 13.6 Å². The number of carbonyl (C=O) groups is 1. The van der Waals surface area contributed by atoms with Crippen molar-refractivity contribution in [3.63, 3.8) is 0 Å². The van der Waals surface area contributed by atoms with Gasteiger partial charge in [-0.05, 0) is 30.6 Å². The second kappa shape index (κ2) is 8.86. The molecule has 0 aliphatic carbocycles. The molecule has 27 heavy (non-hydrogen) atoms. The Balaban J connectivity index is 1.90. The number of thiophene rings is 1. The summed E-state index contributed by atoms with van der Waals surface area (Å²) in [5.41, 5.74) is 0.105. The lowest BCUT2D eigenvalue weighted by atomic mass is 10.3. The first kappa shape index (κ1) is 19.9. The second-order valence-corrected chi connectivity index (χ2v) is 8.10. The Morgan fingerprint density at radius 2 is 1.96 bits per heavy atom. The smallest absolute Gasteiger partial charge is 0.234 e. The molecule has 3 rings (SSSR count). The van der Waals surface area contributed by atoms with Crippen LogP contribution in [-0.4, -0.2) is 42.0 Å². The fourth-order valence-electron chi connectivity index (χ4n) is 2.83. The van der Waals surface area contributed by atoms with Gasteiger partial charge in [0.2, 0.25) is 5.91 Å². The molecule has 4 nitrogen and oxygen atoms in total. The number of thiazole rings is 1. The third-order valence-corrected chi connectivity index (χ3v) is 6.28. The lowest BCUT2D eigenvalue weighted by molar-refractivity contribution is -0.118. The lowest BCUT2D eigenvalue weighted by Crippen LogP contribution is -2.39. The van der Waals surface area contributed by atoms with Crippen LogP contribution in [0.15, 0.2) is 29.6 Å². The van der Waals surface area contributed by atoms with E-state index < -0.39 is 11.6 Å². The van der Waals surface area contributed by atoms with E-state index in [4.69, 9.17) is 0 Å². The number of nitrogens with zero attached hydrogens (tertiary/aromatic N) is 3. The Morgan fingerprint density at radius 1 is 1.19 bits per heavy atom. The number of rotatable bonds is 8. The van der Waals surface area contributed by atoms with Gasteiger partial charge in [0.25, 0.3) is 0 Å². The molecule has 1 aromatic carbocycles. The monoisotopic (exact) mass is 409 g/mol. The summed E-state index contributed by atoms with van der Waals surface area (Å²) in [6.07, 6.45) is 0.267. The molecule has 0 saturated heterocycles. The summed E-state index contributed by atoms with van der Waals surface area (Å²) >= 11 is 2.66. The van der Waals surface area contributed by atoms with E-state index in [2.05, 4.69) is 23.7 Å². The summed E-state index contributed by atoms with van der Waals surface area (Å²) in [6.45, 7) is 7.03. The normalized spacial score (nSPS) is 11.4. The van der Waals surface area contributed by atoms with E-state index in [0.717, 1.165) is 35.4 Å². The zero-order valence-electron chi connectivity index (χ0n) is 15.2. The van der Waals surface area contributed by atoms with Gasteiger partial charge in [-0.2, -0.15) is 0 Å². The number of fused-ring (bicyclic) bond motifs is 1. The number of halogens is 2.